The summed E-state index contributed by atoms with van der Waals surface area (Å²) in [7, 11) is 0. The molecule has 0 atom stereocenters. The number of anilines is 1. The van der Waals surface area contributed by atoms with Crippen LogP contribution in [0, 0.1) is 0 Å². The van der Waals surface area contributed by atoms with Crippen molar-refractivity contribution in [3.8, 4) is 11.5 Å². The van der Waals surface area contributed by atoms with Crippen LogP contribution >= 0.6 is 15.9 Å². The van der Waals surface area contributed by atoms with Gasteiger partial charge in [-0.25, -0.2) is 9.97 Å². The van der Waals surface area contributed by atoms with Gasteiger partial charge in [0.1, 0.15) is 17.3 Å². The van der Waals surface area contributed by atoms with Crippen molar-refractivity contribution in [2.24, 2.45) is 0 Å². The first-order valence-corrected chi connectivity index (χ1v) is 5.36. The quantitative estimate of drug-likeness (QED) is 0.909. The number of hydrogen-bond acceptors (Lipinski definition) is 4. The summed E-state index contributed by atoms with van der Waals surface area (Å²) >= 11 is 3.38. The maximum absolute atomic E-state index is 5.68. The van der Waals surface area contributed by atoms with Gasteiger partial charge in [-0.1, -0.05) is 6.92 Å². The minimum Gasteiger partial charge on any atom is -0.461 e. The minimum absolute atomic E-state index is 0.458. The molecule has 2 aromatic heterocycles. The van der Waals surface area contributed by atoms with E-state index in [-0.39, 0.29) is 0 Å². The van der Waals surface area contributed by atoms with Crippen LogP contribution in [-0.2, 0) is 6.42 Å². The number of aryl methyl sites for hydroxylation is 1. The molecule has 0 fully saturated rings. The SMILES string of the molecule is CCc1nc(N)cc(-c2occc2Br)n1. The molecule has 0 saturated carbocycles. The monoisotopic (exact) mass is 267 g/mol. The molecule has 0 aliphatic heterocycles. The number of nitrogens with two attached hydrogens (primary N) is 1. The third kappa shape index (κ3) is 2.02. The fraction of sp³-hybridized carbons (Fsp3) is 0.200. The van der Waals surface area contributed by atoms with E-state index in [1.165, 1.54) is 0 Å². The highest BCUT2D eigenvalue weighted by Crippen LogP contribution is 2.28. The van der Waals surface area contributed by atoms with Gasteiger partial charge >= 0.3 is 0 Å². The molecule has 2 rings (SSSR count). The number of rotatable bonds is 2. The number of nitrogen functional groups attached to an aromatic ring is 1. The molecule has 0 bridgehead atoms. The highest BCUT2D eigenvalue weighted by Gasteiger charge is 2.10. The van der Waals surface area contributed by atoms with Gasteiger partial charge in [0, 0.05) is 12.5 Å². The van der Waals surface area contributed by atoms with E-state index in [1.807, 2.05) is 13.0 Å². The topological polar surface area (TPSA) is 64.9 Å². The van der Waals surface area contributed by atoms with Gasteiger partial charge in [0.15, 0.2) is 5.76 Å². The maximum atomic E-state index is 5.68. The molecule has 0 spiro atoms. The van der Waals surface area contributed by atoms with Crippen molar-refractivity contribution >= 4 is 21.7 Å². The van der Waals surface area contributed by atoms with Gasteiger partial charge in [0.05, 0.1) is 10.7 Å². The molecule has 5 heteroatoms. The Kier molecular flexibility index (Phi) is 2.73. The van der Waals surface area contributed by atoms with E-state index in [9.17, 15) is 0 Å². The van der Waals surface area contributed by atoms with E-state index in [1.54, 1.807) is 12.3 Å². The largest absolute Gasteiger partial charge is 0.461 e. The molecule has 2 heterocycles. The van der Waals surface area contributed by atoms with Crippen LogP contribution in [0.4, 0.5) is 5.82 Å². The normalized spacial score (nSPS) is 10.5. The van der Waals surface area contributed by atoms with Gasteiger partial charge in [0.2, 0.25) is 0 Å². The van der Waals surface area contributed by atoms with Gasteiger partial charge < -0.3 is 10.2 Å². The fourth-order valence-corrected chi connectivity index (χ4v) is 1.67. The Morgan fingerprint density at radius 2 is 2.27 bits per heavy atom. The lowest BCUT2D eigenvalue weighted by Crippen LogP contribution is -1.99. The van der Waals surface area contributed by atoms with E-state index in [4.69, 9.17) is 10.2 Å². The molecule has 0 unspecified atom stereocenters. The molecular weight excluding hydrogens is 258 g/mol. The molecule has 2 N–H and O–H groups in total. The number of halogens is 1. The number of hydrogen-bond donors (Lipinski definition) is 1. The first-order valence-electron chi connectivity index (χ1n) is 4.57. The standard InChI is InChI=1S/C10H10BrN3O/c1-2-9-13-7(5-8(12)14-9)10-6(11)3-4-15-10/h3-5H,2H2,1H3,(H2,12,13,14). The van der Waals surface area contributed by atoms with Crippen LogP contribution in [0.2, 0.25) is 0 Å². The zero-order valence-corrected chi connectivity index (χ0v) is 9.78. The zero-order chi connectivity index (χ0) is 10.8. The summed E-state index contributed by atoms with van der Waals surface area (Å²) in [6.07, 6.45) is 2.35. The Morgan fingerprint density at radius 3 is 2.87 bits per heavy atom. The van der Waals surface area contributed by atoms with Crippen LogP contribution in [-0.4, -0.2) is 9.97 Å². The summed E-state index contributed by atoms with van der Waals surface area (Å²) in [5.41, 5.74) is 6.39. The Morgan fingerprint density at radius 1 is 1.47 bits per heavy atom. The van der Waals surface area contributed by atoms with Gasteiger partial charge in [-0.2, -0.15) is 0 Å². The van der Waals surface area contributed by atoms with Crippen LogP contribution in [0.3, 0.4) is 0 Å². The Bertz CT molecular complexity index is 481. The molecule has 0 aliphatic rings. The van der Waals surface area contributed by atoms with Gasteiger partial charge in [-0.15, -0.1) is 0 Å². The van der Waals surface area contributed by atoms with Crippen molar-refractivity contribution in [3.05, 3.63) is 28.7 Å². The Hall–Kier alpha value is -1.36. The highest BCUT2D eigenvalue weighted by atomic mass is 79.9. The lowest BCUT2D eigenvalue weighted by atomic mass is 10.3. The van der Waals surface area contributed by atoms with Gasteiger partial charge in [-0.05, 0) is 22.0 Å². The third-order valence-corrected chi connectivity index (χ3v) is 2.58. The summed E-state index contributed by atoms with van der Waals surface area (Å²) in [4.78, 5) is 8.44. The van der Waals surface area contributed by atoms with E-state index < -0.39 is 0 Å². The summed E-state index contributed by atoms with van der Waals surface area (Å²) in [5, 5.41) is 0. The molecule has 4 nitrogen and oxygen atoms in total. The van der Waals surface area contributed by atoms with Gasteiger partial charge in [-0.3, -0.25) is 0 Å². The molecule has 0 radical (unpaired) electrons. The summed E-state index contributed by atoms with van der Waals surface area (Å²) < 4.78 is 6.18. The highest BCUT2D eigenvalue weighted by molar-refractivity contribution is 9.10. The maximum Gasteiger partial charge on any atom is 0.166 e. The van der Waals surface area contributed by atoms with Crippen LogP contribution < -0.4 is 5.73 Å². The predicted molar refractivity (Wildman–Crippen MR) is 61.2 cm³/mol. The Labute approximate surface area is 95.7 Å². The minimum atomic E-state index is 0.458. The number of furan rings is 1. The molecule has 15 heavy (non-hydrogen) atoms. The van der Waals surface area contributed by atoms with Crippen LogP contribution in [0.1, 0.15) is 12.7 Å². The molecule has 0 aliphatic carbocycles. The zero-order valence-electron chi connectivity index (χ0n) is 8.20. The van der Waals surface area contributed by atoms with Crippen molar-refractivity contribution in [1.29, 1.82) is 0 Å². The van der Waals surface area contributed by atoms with Gasteiger partial charge in [0.25, 0.3) is 0 Å². The lowest BCUT2D eigenvalue weighted by molar-refractivity contribution is 0.578. The van der Waals surface area contributed by atoms with Crippen LogP contribution in [0.15, 0.2) is 27.3 Å². The first-order chi connectivity index (χ1) is 7.20. The lowest BCUT2D eigenvalue weighted by Gasteiger charge is -2.02. The molecule has 78 valence electrons. The van der Waals surface area contributed by atoms with Crippen molar-refractivity contribution in [1.82, 2.24) is 9.97 Å². The second kappa shape index (κ2) is 4.02. The van der Waals surface area contributed by atoms with E-state index in [2.05, 4.69) is 25.9 Å². The fourth-order valence-electron chi connectivity index (χ4n) is 1.27. The molecule has 0 aromatic carbocycles. The van der Waals surface area contributed by atoms with Crippen LogP contribution in [0.5, 0.6) is 0 Å². The van der Waals surface area contributed by atoms with E-state index in [0.29, 0.717) is 23.1 Å². The first kappa shape index (κ1) is 10.2. The molecule has 0 amide bonds. The third-order valence-electron chi connectivity index (χ3n) is 1.96. The Balaban J connectivity index is 2.53. The average Bonchev–Trinajstić information content (AvgIpc) is 2.63. The second-order valence-electron chi connectivity index (χ2n) is 3.05. The summed E-state index contributed by atoms with van der Waals surface area (Å²) in [5.74, 6) is 1.85. The van der Waals surface area contributed by atoms with Crippen molar-refractivity contribution < 1.29 is 4.42 Å². The summed E-state index contributed by atoms with van der Waals surface area (Å²) in [6.45, 7) is 1.98. The van der Waals surface area contributed by atoms with E-state index >= 15 is 0 Å². The molecule has 2 aromatic rings. The van der Waals surface area contributed by atoms with Crippen molar-refractivity contribution in [2.45, 2.75) is 13.3 Å². The number of aromatic nitrogens is 2. The second-order valence-corrected chi connectivity index (χ2v) is 3.90. The molecular formula is C10H10BrN3O. The predicted octanol–water partition coefficient (Wildman–Crippen LogP) is 2.64. The van der Waals surface area contributed by atoms with E-state index in [0.717, 1.165) is 10.9 Å². The van der Waals surface area contributed by atoms with Crippen LogP contribution in [0.25, 0.3) is 11.5 Å². The van der Waals surface area contributed by atoms with Crippen molar-refractivity contribution in [2.75, 3.05) is 5.73 Å². The summed E-state index contributed by atoms with van der Waals surface area (Å²) in [6, 6.07) is 3.52. The molecule has 0 saturated heterocycles. The van der Waals surface area contributed by atoms with Crippen molar-refractivity contribution in [3.63, 3.8) is 0 Å². The number of nitrogens with zero attached hydrogens (tertiary/aromatic N) is 2. The average molecular weight is 268 g/mol. The smallest absolute Gasteiger partial charge is 0.166 e.